The van der Waals surface area contributed by atoms with Gasteiger partial charge in [-0.1, -0.05) is 31.2 Å². The van der Waals surface area contributed by atoms with Crippen LogP contribution in [0, 0.1) is 0 Å². The number of carbonyl (C=O) groups excluding carboxylic acids is 2. The molecule has 0 atom stereocenters. The topological polar surface area (TPSA) is 98.0 Å². The van der Waals surface area contributed by atoms with Gasteiger partial charge in [-0.3, -0.25) is 4.79 Å². The van der Waals surface area contributed by atoms with Gasteiger partial charge in [0.15, 0.2) is 0 Å². The zero-order valence-electron chi connectivity index (χ0n) is 19.2. The second-order valence-corrected chi connectivity index (χ2v) is 8.24. The van der Waals surface area contributed by atoms with Crippen molar-refractivity contribution in [3.05, 3.63) is 102 Å². The normalized spacial score (nSPS) is 13.3. The lowest BCUT2D eigenvalue weighted by Crippen LogP contribution is -2.19. The molecule has 3 amide bonds. The molecule has 0 aliphatic carbocycles. The van der Waals surface area contributed by atoms with E-state index in [0.29, 0.717) is 11.3 Å². The van der Waals surface area contributed by atoms with Crippen LogP contribution in [0.15, 0.2) is 85.1 Å². The summed E-state index contributed by atoms with van der Waals surface area (Å²) in [4.78, 5) is 28.0. The summed E-state index contributed by atoms with van der Waals surface area (Å²) in [5, 5.41) is 12.0. The number of rotatable bonds is 6. The van der Waals surface area contributed by atoms with Gasteiger partial charge in [0.1, 0.15) is 0 Å². The molecule has 35 heavy (non-hydrogen) atoms. The van der Waals surface area contributed by atoms with Gasteiger partial charge in [0.25, 0.3) is 5.91 Å². The van der Waals surface area contributed by atoms with Gasteiger partial charge in [0, 0.05) is 40.2 Å². The van der Waals surface area contributed by atoms with E-state index in [-0.39, 0.29) is 11.9 Å². The molecule has 5 N–H and O–H groups in total. The second kappa shape index (κ2) is 9.61. The van der Waals surface area contributed by atoms with E-state index in [1.807, 2.05) is 91.1 Å². The highest BCUT2D eigenvalue weighted by Crippen LogP contribution is 2.35. The standard InChI is InChI=1S/C28H25N5O2/c1-2-18-6-3-7-20(14-18)31-28(35)32-22-9-4-8-21(15-22)30-23-11-12-24-25(16-19-10-5-13-29-19)27(34)33-26(24)17-23/h3-17,29-30H,2H2,1H3,(H,33,34)(H2,31,32,35). The molecule has 3 aromatic carbocycles. The van der Waals surface area contributed by atoms with Crippen LogP contribution in [-0.2, 0) is 11.2 Å². The number of amides is 3. The van der Waals surface area contributed by atoms with Gasteiger partial charge >= 0.3 is 6.03 Å². The Balaban J connectivity index is 1.27. The SMILES string of the molecule is CCc1cccc(NC(=O)Nc2cccc(Nc3ccc4c(c3)NC(=O)C4=Cc3ccc[nH]3)c2)c1. The quantitative estimate of drug-likeness (QED) is 0.212. The first-order chi connectivity index (χ1) is 17.1. The summed E-state index contributed by atoms with van der Waals surface area (Å²) in [5.41, 5.74) is 7.30. The molecule has 0 radical (unpaired) electrons. The summed E-state index contributed by atoms with van der Waals surface area (Å²) >= 11 is 0. The number of aromatic amines is 1. The lowest BCUT2D eigenvalue weighted by Gasteiger charge is -2.12. The second-order valence-electron chi connectivity index (χ2n) is 8.24. The number of nitrogens with one attached hydrogen (secondary N) is 5. The first-order valence-electron chi connectivity index (χ1n) is 11.4. The van der Waals surface area contributed by atoms with E-state index in [2.05, 4.69) is 33.2 Å². The van der Waals surface area contributed by atoms with E-state index >= 15 is 0 Å². The lowest BCUT2D eigenvalue weighted by atomic mass is 10.1. The van der Waals surface area contributed by atoms with Crippen LogP contribution in [0.2, 0.25) is 0 Å². The van der Waals surface area contributed by atoms with E-state index in [1.54, 1.807) is 0 Å². The number of hydrogen-bond acceptors (Lipinski definition) is 3. The number of carbonyl (C=O) groups is 2. The van der Waals surface area contributed by atoms with Crippen molar-refractivity contribution in [2.75, 3.05) is 21.3 Å². The number of hydrogen-bond donors (Lipinski definition) is 5. The van der Waals surface area contributed by atoms with Crippen molar-refractivity contribution in [3.8, 4) is 0 Å². The predicted octanol–water partition coefficient (Wildman–Crippen LogP) is 6.46. The third-order valence-corrected chi connectivity index (χ3v) is 5.73. The van der Waals surface area contributed by atoms with Crippen LogP contribution in [0.1, 0.15) is 23.7 Å². The molecule has 0 saturated carbocycles. The summed E-state index contributed by atoms with van der Waals surface area (Å²) in [6.07, 6.45) is 4.57. The van der Waals surface area contributed by atoms with E-state index < -0.39 is 0 Å². The van der Waals surface area contributed by atoms with Crippen LogP contribution >= 0.6 is 0 Å². The summed E-state index contributed by atoms with van der Waals surface area (Å²) in [6, 6.07) is 24.5. The number of aromatic nitrogens is 1. The van der Waals surface area contributed by atoms with E-state index in [4.69, 9.17) is 0 Å². The van der Waals surface area contributed by atoms with Crippen LogP contribution in [0.25, 0.3) is 11.6 Å². The van der Waals surface area contributed by atoms with Crippen molar-refractivity contribution in [1.82, 2.24) is 4.98 Å². The Morgan fingerprint density at radius 3 is 2.37 bits per heavy atom. The van der Waals surface area contributed by atoms with Crippen molar-refractivity contribution in [1.29, 1.82) is 0 Å². The average Bonchev–Trinajstić information content (AvgIpc) is 3.47. The van der Waals surface area contributed by atoms with Crippen LogP contribution in [0.4, 0.5) is 33.2 Å². The molecule has 4 aromatic rings. The van der Waals surface area contributed by atoms with Gasteiger partial charge in [-0.15, -0.1) is 0 Å². The molecule has 0 saturated heterocycles. The van der Waals surface area contributed by atoms with E-state index in [0.717, 1.165) is 46.0 Å². The molecule has 0 bridgehead atoms. The highest BCUT2D eigenvalue weighted by Gasteiger charge is 2.24. The molecule has 1 aliphatic rings. The minimum Gasteiger partial charge on any atom is -0.362 e. The molecule has 174 valence electrons. The highest BCUT2D eigenvalue weighted by atomic mass is 16.2. The Bertz CT molecular complexity index is 1420. The van der Waals surface area contributed by atoms with Crippen molar-refractivity contribution >= 4 is 52.0 Å². The summed E-state index contributed by atoms with van der Waals surface area (Å²) in [7, 11) is 0. The van der Waals surface area contributed by atoms with Crippen LogP contribution < -0.4 is 21.3 Å². The average molecular weight is 464 g/mol. The molecule has 0 unspecified atom stereocenters. The number of urea groups is 1. The molecule has 2 heterocycles. The van der Waals surface area contributed by atoms with E-state index in [1.165, 1.54) is 0 Å². The zero-order valence-corrected chi connectivity index (χ0v) is 19.2. The molecule has 7 heteroatoms. The molecule has 0 fully saturated rings. The molecule has 1 aliphatic heterocycles. The van der Waals surface area contributed by atoms with Gasteiger partial charge < -0.3 is 26.3 Å². The highest BCUT2D eigenvalue weighted by molar-refractivity contribution is 6.35. The van der Waals surface area contributed by atoms with Crippen molar-refractivity contribution in [2.24, 2.45) is 0 Å². The van der Waals surface area contributed by atoms with Crippen LogP contribution in [0.5, 0.6) is 0 Å². The Hall–Kier alpha value is -4.78. The molecule has 0 spiro atoms. The minimum atomic E-state index is -0.308. The fourth-order valence-corrected chi connectivity index (χ4v) is 4.01. The van der Waals surface area contributed by atoms with Crippen molar-refractivity contribution in [2.45, 2.75) is 13.3 Å². The predicted molar refractivity (Wildman–Crippen MR) is 142 cm³/mol. The van der Waals surface area contributed by atoms with Crippen LogP contribution in [-0.4, -0.2) is 16.9 Å². The summed E-state index contributed by atoms with van der Waals surface area (Å²) in [5.74, 6) is -0.131. The number of benzene rings is 3. The van der Waals surface area contributed by atoms with Crippen molar-refractivity contribution < 1.29 is 9.59 Å². The minimum absolute atomic E-state index is 0.131. The lowest BCUT2D eigenvalue weighted by molar-refractivity contribution is -0.110. The molecule has 1 aromatic heterocycles. The van der Waals surface area contributed by atoms with Gasteiger partial charge in [0.05, 0.1) is 11.3 Å². The first-order valence-corrected chi connectivity index (χ1v) is 11.4. The fourth-order valence-electron chi connectivity index (χ4n) is 4.01. The number of anilines is 5. The number of aryl methyl sites for hydroxylation is 1. The maximum Gasteiger partial charge on any atom is 0.323 e. The van der Waals surface area contributed by atoms with Gasteiger partial charge in [-0.05, 0) is 72.7 Å². The fraction of sp³-hybridized carbons (Fsp3) is 0.0714. The van der Waals surface area contributed by atoms with E-state index in [9.17, 15) is 9.59 Å². The maximum atomic E-state index is 12.5. The number of fused-ring (bicyclic) bond motifs is 1. The molecular formula is C28H25N5O2. The van der Waals surface area contributed by atoms with Crippen LogP contribution in [0.3, 0.4) is 0 Å². The zero-order chi connectivity index (χ0) is 24.2. The Labute approximate surface area is 203 Å². The summed E-state index contributed by atoms with van der Waals surface area (Å²) in [6.45, 7) is 2.08. The monoisotopic (exact) mass is 463 g/mol. The first kappa shape index (κ1) is 22.0. The van der Waals surface area contributed by atoms with Gasteiger partial charge in [-0.25, -0.2) is 4.79 Å². The Morgan fingerprint density at radius 1 is 0.857 bits per heavy atom. The van der Waals surface area contributed by atoms with Gasteiger partial charge in [0.2, 0.25) is 0 Å². The smallest absolute Gasteiger partial charge is 0.323 e. The molecule has 7 nitrogen and oxygen atoms in total. The Kier molecular flexibility index (Phi) is 6.05. The molecule has 5 rings (SSSR count). The van der Waals surface area contributed by atoms with Gasteiger partial charge in [-0.2, -0.15) is 0 Å². The Morgan fingerprint density at radius 2 is 1.60 bits per heavy atom. The largest absolute Gasteiger partial charge is 0.362 e. The maximum absolute atomic E-state index is 12.5. The van der Waals surface area contributed by atoms with Crippen molar-refractivity contribution in [3.63, 3.8) is 0 Å². The third-order valence-electron chi connectivity index (χ3n) is 5.73. The number of H-pyrrole nitrogens is 1. The molecular weight excluding hydrogens is 438 g/mol. The summed E-state index contributed by atoms with van der Waals surface area (Å²) < 4.78 is 0. The third kappa shape index (κ3) is 5.09.